The molecule has 1 atom stereocenters. The van der Waals surface area contributed by atoms with Gasteiger partial charge >= 0.3 is 0 Å². The number of halogens is 3. The topological polar surface area (TPSA) is 12.0 Å². The third-order valence-electron chi connectivity index (χ3n) is 3.03. The maximum absolute atomic E-state index is 14.2. The Hall–Kier alpha value is -0.230. The summed E-state index contributed by atoms with van der Waals surface area (Å²) in [6, 6.07) is 7.26. The van der Waals surface area contributed by atoms with Gasteiger partial charge in [0.05, 0.1) is 9.83 Å². The Morgan fingerprint density at radius 1 is 1.30 bits per heavy atom. The number of hydrogen-bond donors (Lipinski definition) is 1. The molecular formula is C15H16Br2FNS. The molecule has 0 amide bonds. The van der Waals surface area contributed by atoms with Crippen LogP contribution in [0.4, 0.5) is 4.39 Å². The molecule has 0 aliphatic heterocycles. The molecule has 0 aliphatic carbocycles. The summed E-state index contributed by atoms with van der Waals surface area (Å²) in [5.74, 6) is -0.185. The molecular weight excluding hydrogens is 405 g/mol. The van der Waals surface area contributed by atoms with E-state index in [0.717, 1.165) is 26.1 Å². The van der Waals surface area contributed by atoms with Crippen molar-refractivity contribution in [3.63, 3.8) is 0 Å². The van der Waals surface area contributed by atoms with E-state index in [2.05, 4.69) is 57.1 Å². The summed E-state index contributed by atoms with van der Waals surface area (Å²) in [4.78, 5) is 1.13. The van der Waals surface area contributed by atoms with Crippen LogP contribution in [0, 0.1) is 12.7 Å². The fourth-order valence-corrected chi connectivity index (χ4v) is 4.01. The fourth-order valence-electron chi connectivity index (χ4n) is 2.01. The lowest BCUT2D eigenvalue weighted by Crippen LogP contribution is -2.23. The predicted octanol–water partition coefficient (Wildman–Crippen LogP) is 5.81. The maximum atomic E-state index is 14.2. The highest BCUT2D eigenvalue weighted by molar-refractivity contribution is 9.11. The lowest BCUT2D eigenvalue weighted by atomic mass is 10.0. The molecule has 1 aromatic carbocycles. The van der Waals surface area contributed by atoms with Crippen molar-refractivity contribution in [2.75, 3.05) is 6.54 Å². The molecule has 0 bridgehead atoms. The molecule has 108 valence electrons. The van der Waals surface area contributed by atoms with E-state index in [1.165, 1.54) is 11.6 Å². The molecule has 0 fully saturated rings. The van der Waals surface area contributed by atoms with Crippen LogP contribution in [0.3, 0.4) is 0 Å². The fraction of sp³-hybridized carbons (Fsp3) is 0.333. The Balaban J connectivity index is 2.41. The van der Waals surface area contributed by atoms with Crippen molar-refractivity contribution < 1.29 is 4.39 Å². The Bertz CT molecular complexity index is 578. The van der Waals surface area contributed by atoms with Crippen molar-refractivity contribution in [3.8, 4) is 0 Å². The molecule has 2 aromatic rings. The average molecular weight is 421 g/mol. The van der Waals surface area contributed by atoms with Crippen molar-refractivity contribution in [3.05, 3.63) is 54.3 Å². The van der Waals surface area contributed by atoms with E-state index in [0.29, 0.717) is 5.56 Å². The molecule has 1 nitrogen and oxygen atoms in total. The van der Waals surface area contributed by atoms with Crippen LogP contribution in [0.2, 0.25) is 0 Å². The van der Waals surface area contributed by atoms with Crippen molar-refractivity contribution in [2.45, 2.75) is 26.3 Å². The molecule has 5 heteroatoms. The summed E-state index contributed by atoms with van der Waals surface area (Å²) >= 11 is 8.51. The van der Waals surface area contributed by atoms with Gasteiger partial charge in [-0.3, -0.25) is 0 Å². The maximum Gasteiger partial charge on any atom is 0.129 e. The van der Waals surface area contributed by atoms with Gasteiger partial charge in [-0.1, -0.05) is 28.9 Å². The van der Waals surface area contributed by atoms with E-state index in [4.69, 9.17) is 0 Å². The second-order valence-corrected chi connectivity index (χ2v) is 7.98. The third-order valence-corrected chi connectivity index (χ3v) is 5.73. The number of thiophene rings is 1. The van der Waals surface area contributed by atoms with Gasteiger partial charge in [0.1, 0.15) is 5.82 Å². The SMILES string of the molecule is CCCNC(c1cc(C)c(Br)s1)c1ccc(Br)cc1F. The van der Waals surface area contributed by atoms with Crippen LogP contribution in [-0.4, -0.2) is 6.54 Å². The second kappa shape index (κ2) is 7.16. The monoisotopic (exact) mass is 419 g/mol. The van der Waals surface area contributed by atoms with Crippen molar-refractivity contribution in [1.82, 2.24) is 5.32 Å². The van der Waals surface area contributed by atoms with Gasteiger partial charge in [0.15, 0.2) is 0 Å². The Morgan fingerprint density at radius 2 is 2.05 bits per heavy atom. The number of benzene rings is 1. The number of aryl methyl sites for hydroxylation is 1. The van der Waals surface area contributed by atoms with Crippen molar-refractivity contribution in [1.29, 1.82) is 0 Å². The van der Waals surface area contributed by atoms with Crippen molar-refractivity contribution >= 4 is 43.2 Å². The van der Waals surface area contributed by atoms with Gasteiger partial charge in [-0.25, -0.2) is 4.39 Å². The molecule has 1 unspecified atom stereocenters. The molecule has 0 aliphatic rings. The molecule has 1 heterocycles. The van der Waals surface area contributed by atoms with Crippen LogP contribution in [0.25, 0.3) is 0 Å². The summed E-state index contributed by atoms with van der Waals surface area (Å²) in [6.07, 6.45) is 1.01. The molecule has 0 spiro atoms. The van der Waals surface area contributed by atoms with Gasteiger partial charge in [0.2, 0.25) is 0 Å². The molecule has 0 saturated heterocycles. The summed E-state index contributed by atoms with van der Waals surface area (Å²) < 4.78 is 16.1. The van der Waals surface area contributed by atoms with Gasteiger partial charge in [-0.15, -0.1) is 11.3 Å². The van der Waals surface area contributed by atoms with E-state index in [1.54, 1.807) is 11.3 Å². The highest BCUT2D eigenvalue weighted by Crippen LogP contribution is 2.35. The Labute approximate surface area is 139 Å². The van der Waals surface area contributed by atoms with Gasteiger partial charge in [0, 0.05) is 14.9 Å². The van der Waals surface area contributed by atoms with Crippen LogP contribution < -0.4 is 5.32 Å². The molecule has 1 N–H and O–H groups in total. The molecule has 0 saturated carbocycles. The second-order valence-electron chi connectivity index (χ2n) is 4.66. The molecule has 2 rings (SSSR count). The quantitative estimate of drug-likeness (QED) is 0.643. The van der Waals surface area contributed by atoms with Crippen molar-refractivity contribution in [2.24, 2.45) is 0 Å². The van der Waals surface area contributed by atoms with E-state index >= 15 is 0 Å². The van der Waals surface area contributed by atoms with E-state index in [1.807, 2.05) is 12.1 Å². The first-order valence-electron chi connectivity index (χ1n) is 6.47. The smallest absolute Gasteiger partial charge is 0.129 e. The van der Waals surface area contributed by atoms with Crippen LogP contribution in [0.15, 0.2) is 32.5 Å². The number of nitrogens with one attached hydrogen (secondary N) is 1. The average Bonchev–Trinajstić information content (AvgIpc) is 2.72. The summed E-state index contributed by atoms with van der Waals surface area (Å²) in [7, 11) is 0. The normalized spacial score (nSPS) is 12.7. The first-order chi connectivity index (χ1) is 9.52. The Kier molecular flexibility index (Phi) is 5.78. The van der Waals surface area contributed by atoms with Gasteiger partial charge in [-0.2, -0.15) is 0 Å². The summed E-state index contributed by atoms with van der Waals surface area (Å²) in [5.41, 5.74) is 1.88. The van der Waals surface area contributed by atoms with Crippen LogP contribution in [0.1, 0.15) is 35.4 Å². The van der Waals surface area contributed by atoms with Gasteiger partial charge in [-0.05, 0) is 59.6 Å². The highest BCUT2D eigenvalue weighted by Gasteiger charge is 2.20. The lowest BCUT2D eigenvalue weighted by Gasteiger charge is -2.18. The third kappa shape index (κ3) is 3.70. The van der Waals surface area contributed by atoms with E-state index in [9.17, 15) is 4.39 Å². The first kappa shape index (κ1) is 16.1. The standard InChI is InChI=1S/C15H16Br2FNS/c1-3-6-19-14(13-7-9(2)15(17)20-13)11-5-4-10(16)8-12(11)18/h4-5,7-8,14,19H,3,6H2,1-2H3. The zero-order chi connectivity index (χ0) is 14.7. The number of rotatable bonds is 5. The predicted molar refractivity (Wildman–Crippen MR) is 91.0 cm³/mol. The summed E-state index contributed by atoms with van der Waals surface area (Å²) in [5, 5.41) is 3.44. The lowest BCUT2D eigenvalue weighted by molar-refractivity contribution is 0.550. The minimum atomic E-state index is -0.185. The number of hydrogen-bond acceptors (Lipinski definition) is 2. The minimum absolute atomic E-state index is 0.0990. The zero-order valence-corrected chi connectivity index (χ0v) is 15.3. The highest BCUT2D eigenvalue weighted by atomic mass is 79.9. The molecule has 1 aromatic heterocycles. The summed E-state index contributed by atoms with van der Waals surface area (Å²) in [6.45, 7) is 5.02. The van der Waals surface area contributed by atoms with Gasteiger partial charge in [0.25, 0.3) is 0 Å². The van der Waals surface area contributed by atoms with Crippen LogP contribution in [-0.2, 0) is 0 Å². The van der Waals surface area contributed by atoms with E-state index < -0.39 is 0 Å². The Morgan fingerprint density at radius 3 is 2.60 bits per heavy atom. The van der Waals surface area contributed by atoms with Crippen LogP contribution in [0.5, 0.6) is 0 Å². The van der Waals surface area contributed by atoms with E-state index in [-0.39, 0.29) is 11.9 Å². The largest absolute Gasteiger partial charge is 0.306 e. The minimum Gasteiger partial charge on any atom is -0.306 e. The van der Waals surface area contributed by atoms with Gasteiger partial charge < -0.3 is 5.32 Å². The molecule has 0 radical (unpaired) electrons. The zero-order valence-electron chi connectivity index (χ0n) is 11.3. The molecule has 20 heavy (non-hydrogen) atoms. The van der Waals surface area contributed by atoms with Crippen LogP contribution >= 0.6 is 43.2 Å². The first-order valence-corrected chi connectivity index (χ1v) is 8.87.